The molecular weight excluding hydrogens is 515 g/mol. The summed E-state index contributed by atoms with van der Waals surface area (Å²) >= 11 is 0. The molecule has 1 aromatic carbocycles. The fourth-order valence-electron chi connectivity index (χ4n) is 3.97. The Morgan fingerprint density at radius 1 is 1.21 bits per heavy atom. The average Bonchev–Trinajstić information content (AvgIpc) is 3.27. The molecule has 0 saturated carbocycles. The summed E-state index contributed by atoms with van der Waals surface area (Å²) in [6.45, 7) is 10.3. The molecule has 3 atom stereocenters. The summed E-state index contributed by atoms with van der Waals surface area (Å²) in [5, 5.41) is 2.67. The lowest BCUT2D eigenvalue weighted by molar-refractivity contribution is -0.165. The molecule has 1 amide bonds. The Bertz CT molecular complexity index is 969. The Hall–Kier alpha value is -2.14. The van der Waals surface area contributed by atoms with Crippen molar-refractivity contribution in [2.45, 2.75) is 66.2 Å². The predicted molar refractivity (Wildman–Crippen MR) is 139 cm³/mol. The van der Waals surface area contributed by atoms with Crippen LogP contribution in [-0.4, -0.2) is 72.9 Å². The number of ether oxygens (including phenoxy) is 2. The lowest BCUT2D eigenvalue weighted by Crippen LogP contribution is -2.50. The number of hydrogen-bond donors (Lipinski definition) is 2. The van der Waals surface area contributed by atoms with Crippen molar-refractivity contribution in [2.75, 3.05) is 33.0 Å². The van der Waals surface area contributed by atoms with Gasteiger partial charge in [0.05, 0.1) is 18.4 Å². The van der Waals surface area contributed by atoms with Gasteiger partial charge in [-0.1, -0.05) is 44.2 Å². The third-order valence-corrected chi connectivity index (χ3v) is 7.57. The monoisotopic (exact) mass is 555 g/mol. The summed E-state index contributed by atoms with van der Waals surface area (Å²) in [6.07, 6.45) is -0.514. The first kappa shape index (κ1) is 30.4. The number of esters is 2. The van der Waals surface area contributed by atoms with E-state index in [1.54, 1.807) is 34.6 Å². The van der Waals surface area contributed by atoms with Crippen molar-refractivity contribution in [3.63, 3.8) is 0 Å². The molecule has 12 heteroatoms. The molecule has 0 spiro atoms. The van der Waals surface area contributed by atoms with Gasteiger partial charge in [0.15, 0.2) is 6.10 Å². The molecule has 0 aromatic heterocycles. The Morgan fingerprint density at radius 2 is 1.92 bits per heavy atom. The fraction of sp³-hybridized carbons (Fsp3) is 0.654. The highest BCUT2D eigenvalue weighted by atomic mass is 31.2. The van der Waals surface area contributed by atoms with Gasteiger partial charge in [-0.2, -0.15) is 0 Å². The minimum Gasteiger partial charge on any atom is -0.461 e. The fourth-order valence-corrected chi connectivity index (χ4v) is 5.49. The van der Waals surface area contributed by atoms with Crippen LogP contribution >= 0.6 is 8.17 Å². The molecule has 1 radical (unpaired) electrons. The molecule has 38 heavy (non-hydrogen) atoms. The van der Waals surface area contributed by atoms with Crippen LogP contribution in [0.5, 0.6) is 0 Å². The highest BCUT2D eigenvalue weighted by Crippen LogP contribution is 2.63. The number of nitrogens with zero attached hydrogens (tertiary/aromatic N) is 1. The van der Waals surface area contributed by atoms with E-state index in [0.717, 1.165) is 19.5 Å². The van der Waals surface area contributed by atoms with Crippen LogP contribution in [0.1, 0.15) is 53.0 Å². The van der Waals surface area contributed by atoms with Crippen molar-refractivity contribution in [1.29, 1.82) is 0 Å². The maximum atomic E-state index is 12.9. The zero-order chi connectivity index (χ0) is 28.0. The number of nitrogens with one attached hydrogen (secondary N) is 1. The van der Waals surface area contributed by atoms with E-state index in [9.17, 15) is 19.3 Å². The molecule has 11 nitrogen and oxygen atoms in total. The van der Waals surface area contributed by atoms with Crippen molar-refractivity contribution in [1.82, 2.24) is 10.2 Å². The molecule has 2 fully saturated rings. The zero-order valence-corrected chi connectivity index (χ0v) is 23.7. The first-order valence-corrected chi connectivity index (χ1v) is 14.3. The topological polar surface area (TPSA) is 133 Å². The van der Waals surface area contributed by atoms with Gasteiger partial charge in [0, 0.05) is 31.6 Å². The predicted octanol–water partition coefficient (Wildman–Crippen LogP) is 2.99. The maximum absolute atomic E-state index is 12.9. The summed E-state index contributed by atoms with van der Waals surface area (Å²) in [7, 11) is -3.90. The molecule has 1 unspecified atom stereocenters. The van der Waals surface area contributed by atoms with E-state index < -0.39 is 49.7 Å². The number of carbonyl (C=O) groups is 3. The van der Waals surface area contributed by atoms with Crippen LogP contribution in [-0.2, 0) is 44.0 Å². The van der Waals surface area contributed by atoms with Crippen LogP contribution < -0.4 is 5.32 Å². The SMILES string of the molecule is CC(C)(C)C(=O)OCO[P@@]1(O)OCC(C)(C)[C@H](C(=O)NCCC(=O)OC2CCN(Cc3ccccc3)C2)O1. The molecule has 2 N–H and O–H groups in total. The van der Waals surface area contributed by atoms with Crippen LogP contribution in [0.2, 0.25) is 0 Å². The van der Waals surface area contributed by atoms with Gasteiger partial charge in [0.2, 0.25) is 12.7 Å². The van der Waals surface area contributed by atoms with Gasteiger partial charge in [-0.05, 0) is 32.8 Å². The highest BCUT2D eigenvalue weighted by molar-refractivity contribution is 7.55. The first-order valence-electron chi connectivity index (χ1n) is 12.8. The molecular formula is C26H40N2O9P. The van der Waals surface area contributed by atoms with Crippen molar-refractivity contribution >= 4 is 26.0 Å². The number of likely N-dealkylation sites (tertiary alicyclic amines) is 1. The van der Waals surface area contributed by atoms with Crippen molar-refractivity contribution in [2.24, 2.45) is 10.8 Å². The number of benzene rings is 1. The molecule has 0 bridgehead atoms. The zero-order valence-electron chi connectivity index (χ0n) is 22.8. The minimum atomic E-state index is -3.90. The van der Waals surface area contributed by atoms with Gasteiger partial charge in [-0.25, -0.2) is 0 Å². The summed E-state index contributed by atoms with van der Waals surface area (Å²) in [5.74, 6) is -1.43. The summed E-state index contributed by atoms with van der Waals surface area (Å²) < 4.78 is 26.7. The Morgan fingerprint density at radius 3 is 2.61 bits per heavy atom. The standard InChI is InChI=1S/C26H40N2O9P/c1-25(2,3)24(31)33-18-35-38(32)34-17-26(4,5)22(37-38)23(30)27-13-11-21(29)36-20-12-14-28(16-20)15-19-9-7-6-8-10-19/h6-10,20,22,32H,11-18H2,1-5H3,(H,27,30)/t20?,22-/m0/s1. The molecule has 2 aliphatic rings. The van der Waals surface area contributed by atoms with E-state index in [0.29, 0.717) is 6.54 Å². The van der Waals surface area contributed by atoms with E-state index in [1.807, 2.05) is 18.2 Å². The van der Waals surface area contributed by atoms with Crippen molar-refractivity contribution in [3.8, 4) is 0 Å². The summed E-state index contributed by atoms with van der Waals surface area (Å²) in [6, 6.07) is 10.1. The third kappa shape index (κ3) is 8.97. The molecule has 2 saturated heterocycles. The van der Waals surface area contributed by atoms with E-state index >= 15 is 0 Å². The van der Waals surface area contributed by atoms with Crippen LogP contribution in [0.4, 0.5) is 0 Å². The van der Waals surface area contributed by atoms with E-state index in [2.05, 4.69) is 22.3 Å². The molecule has 0 aliphatic carbocycles. The Kier molecular flexibility index (Phi) is 10.2. The van der Waals surface area contributed by atoms with Crippen LogP contribution in [0.3, 0.4) is 0 Å². The van der Waals surface area contributed by atoms with Crippen LogP contribution in [0.25, 0.3) is 0 Å². The lowest BCUT2D eigenvalue weighted by Gasteiger charge is -2.43. The maximum Gasteiger partial charge on any atom is 0.381 e. The van der Waals surface area contributed by atoms with Crippen LogP contribution in [0.15, 0.2) is 30.3 Å². The second-order valence-electron chi connectivity index (χ2n) is 11.3. The third-order valence-electron chi connectivity index (χ3n) is 6.21. The highest BCUT2D eigenvalue weighted by Gasteiger charge is 2.50. The quantitative estimate of drug-likeness (QED) is 0.252. The molecule has 2 aliphatic heterocycles. The van der Waals surface area contributed by atoms with Gasteiger partial charge in [-0.3, -0.25) is 32.9 Å². The van der Waals surface area contributed by atoms with Gasteiger partial charge in [0.1, 0.15) is 6.10 Å². The van der Waals surface area contributed by atoms with E-state index in [1.165, 1.54) is 5.56 Å². The van der Waals surface area contributed by atoms with Gasteiger partial charge in [0.25, 0.3) is 0 Å². The van der Waals surface area contributed by atoms with Gasteiger partial charge >= 0.3 is 20.1 Å². The van der Waals surface area contributed by atoms with Crippen molar-refractivity contribution in [3.05, 3.63) is 35.9 Å². The Labute approximate surface area is 224 Å². The number of amides is 1. The van der Waals surface area contributed by atoms with Crippen molar-refractivity contribution < 1.29 is 42.3 Å². The Balaban J connectivity index is 1.40. The number of carbonyl (C=O) groups excluding carboxylic acids is 3. The van der Waals surface area contributed by atoms with Crippen LogP contribution in [0, 0.1) is 10.8 Å². The van der Waals surface area contributed by atoms with E-state index in [4.69, 9.17) is 23.0 Å². The molecule has 1 aromatic rings. The average molecular weight is 556 g/mol. The normalized spacial score (nSPS) is 25.5. The van der Waals surface area contributed by atoms with Gasteiger partial charge in [-0.15, -0.1) is 0 Å². The van der Waals surface area contributed by atoms with E-state index in [-0.39, 0.29) is 25.7 Å². The summed E-state index contributed by atoms with van der Waals surface area (Å²) in [4.78, 5) is 50.0. The largest absolute Gasteiger partial charge is 0.461 e. The summed E-state index contributed by atoms with van der Waals surface area (Å²) in [5.41, 5.74) is -0.316. The van der Waals surface area contributed by atoms with Gasteiger partial charge < -0.3 is 19.7 Å². The lowest BCUT2D eigenvalue weighted by atomic mass is 9.87. The second kappa shape index (κ2) is 12.8. The first-order chi connectivity index (χ1) is 17.8. The number of rotatable bonds is 10. The molecule has 3 rings (SSSR count). The number of hydrogen-bond acceptors (Lipinski definition) is 10. The minimum absolute atomic E-state index is 0.00321. The molecule has 2 heterocycles. The smallest absolute Gasteiger partial charge is 0.381 e. The molecule has 213 valence electrons. The second-order valence-corrected chi connectivity index (χ2v) is 13.0.